The Labute approximate surface area is 183 Å². The number of rotatable bonds is 6. The molecular formula is C21H22F2N2O4S2. The van der Waals surface area contributed by atoms with Crippen LogP contribution in [-0.4, -0.2) is 31.5 Å². The Morgan fingerprint density at radius 1 is 1.16 bits per heavy atom. The summed E-state index contributed by atoms with van der Waals surface area (Å²) in [6, 6.07) is 9.48. The van der Waals surface area contributed by atoms with E-state index in [0.717, 1.165) is 11.3 Å². The van der Waals surface area contributed by atoms with Crippen molar-refractivity contribution in [3.8, 4) is 10.4 Å². The first kappa shape index (κ1) is 23.2. The van der Waals surface area contributed by atoms with Gasteiger partial charge in [-0.15, -0.1) is 11.3 Å². The van der Waals surface area contributed by atoms with Crippen molar-refractivity contribution >= 4 is 38.1 Å². The first-order valence-corrected chi connectivity index (χ1v) is 11.8. The molecule has 0 bridgehead atoms. The van der Waals surface area contributed by atoms with Crippen LogP contribution in [0.4, 0.5) is 8.78 Å². The second-order valence-corrected chi connectivity index (χ2v) is 10.4. The molecular weight excluding hydrogens is 446 g/mol. The van der Waals surface area contributed by atoms with E-state index in [2.05, 4.69) is 9.71 Å². The first-order valence-electron chi connectivity index (χ1n) is 9.46. The van der Waals surface area contributed by atoms with Crippen LogP contribution in [0.2, 0.25) is 0 Å². The van der Waals surface area contributed by atoms with Gasteiger partial charge in [-0.05, 0) is 39.1 Å². The van der Waals surface area contributed by atoms with E-state index >= 15 is 0 Å². The van der Waals surface area contributed by atoms with Gasteiger partial charge in [-0.1, -0.05) is 30.3 Å². The number of aromatic nitrogens is 1. The van der Waals surface area contributed by atoms with Crippen molar-refractivity contribution in [2.45, 2.75) is 44.6 Å². The maximum absolute atomic E-state index is 13.7. The number of ether oxygens (including phenoxy) is 1. The summed E-state index contributed by atoms with van der Waals surface area (Å²) in [6.45, 7) is 6.88. The number of nitrogens with zero attached hydrogens (tertiary/aromatic N) is 1. The Hall–Kier alpha value is -2.43. The number of esters is 1. The smallest absolute Gasteiger partial charge is 0.367 e. The highest BCUT2D eigenvalue weighted by molar-refractivity contribution is 7.89. The summed E-state index contributed by atoms with van der Waals surface area (Å²) >= 11 is 0.796. The average molecular weight is 469 g/mol. The average Bonchev–Trinajstić information content (AvgIpc) is 3.11. The fourth-order valence-corrected chi connectivity index (χ4v) is 5.75. The minimum Gasteiger partial charge on any atom is -0.461 e. The lowest BCUT2D eigenvalue weighted by Gasteiger charge is -2.21. The molecule has 3 rings (SSSR count). The van der Waals surface area contributed by atoms with Gasteiger partial charge in [0.25, 0.3) is 6.43 Å². The van der Waals surface area contributed by atoms with Gasteiger partial charge in [0.05, 0.1) is 16.4 Å². The number of carbonyl (C=O) groups is 1. The molecule has 1 N–H and O–H groups in total. The number of carbonyl (C=O) groups excluding carboxylic acids is 1. The summed E-state index contributed by atoms with van der Waals surface area (Å²) in [4.78, 5) is 16.0. The van der Waals surface area contributed by atoms with E-state index in [0.29, 0.717) is 16.3 Å². The van der Waals surface area contributed by atoms with Crippen LogP contribution in [0.15, 0.2) is 41.3 Å². The Balaban J connectivity index is 2.24. The molecule has 1 aromatic heterocycles. The zero-order valence-corrected chi connectivity index (χ0v) is 19.0. The lowest BCUT2D eigenvalue weighted by molar-refractivity contribution is 0.0525. The molecule has 0 aliphatic carbocycles. The molecule has 0 atom stereocenters. The molecule has 0 saturated heterocycles. The molecule has 166 valence electrons. The fourth-order valence-electron chi connectivity index (χ4n) is 3.11. The zero-order valence-electron chi connectivity index (χ0n) is 17.4. The van der Waals surface area contributed by atoms with E-state index in [1.54, 1.807) is 52.0 Å². The van der Waals surface area contributed by atoms with Crippen LogP contribution in [0.3, 0.4) is 0 Å². The molecule has 0 amide bonds. The van der Waals surface area contributed by atoms with Gasteiger partial charge in [0.15, 0.2) is 0 Å². The highest BCUT2D eigenvalue weighted by Gasteiger charge is 2.28. The predicted molar refractivity (Wildman–Crippen MR) is 116 cm³/mol. The largest absolute Gasteiger partial charge is 0.461 e. The highest BCUT2D eigenvalue weighted by atomic mass is 32.2. The third-order valence-corrected chi connectivity index (χ3v) is 7.07. The molecule has 0 fully saturated rings. The van der Waals surface area contributed by atoms with Gasteiger partial charge < -0.3 is 4.74 Å². The molecule has 0 radical (unpaired) electrons. The van der Waals surface area contributed by atoms with E-state index in [4.69, 9.17) is 4.74 Å². The second-order valence-electron chi connectivity index (χ2n) is 7.77. The van der Waals surface area contributed by atoms with Crippen LogP contribution in [-0.2, 0) is 14.8 Å². The van der Waals surface area contributed by atoms with Crippen LogP contribution in [0, 0.1) is 0 Å². The third kappa shape index (κ3) is 4.91. The highest BCUT2D eigenvalue weighted by Crippen LogP contribution is 2.41. The van der Waals surface area contributed by atoms with Gasteiger partial charge in [0, 0.05) is 16.5 Å². The minimum atomic E-state index is -3.87. The standard InChI is InChI=1S/C21H22F2N2O4S2/c1-5-29-20(26)19-24-16(18(22)23)17(30-19)14-10-11-15(13-9-7-6-8-12(13)14)31(27,28)25-21(2,3)4/h6-11,18,25H,5H2,1-4H3. The van der Waals surface area contributed by atoms with Crippen LogP contribution < -0.4 is 4.72 Å². The van der Waals surface area contributed by atoms with E-state index in [1.807, 2.05) is 0 Å². The van der Waals surface area contributed by atoms with Crippen molar-refractivity contribution in [2.75, 3.05) is 6.61 Å². The van der Waals surface area contributed by atoms with Crippen molar-refractivity contribution < 1.29 is 26.7 Å². The van der Waals surface area contributed by atoms with Gasteiger partial charge in [-0.3, -0.25) is 0 Å². The van der Waals surface area contributed by atoms with Crippen LogP contribution in [0.5, 0.6) is 0 Å². The summed E-state index contributed by atoms with van der Waals surface area (Å²) in [6.07, 6.45) is -2.92. The molecule has 10 heteroatoms. The quantitative estimate of drug-likeness (QED) is 0.506. The molecule has 2 aromatic carbocycles. The number of benzene rings is 2. The predicted octanol–water partition coefficient (Wildman–Crippen LogP) is 5.15. The number of hydrogen-bond acceptors (Lipinski definition) is 6. The van der Waals surface area contributed by atoms with Crippen molar-refractivity contribution in [1.29, 1.82) is 0 Å². The van der Waals surface area contributed by atoms with Gasteiger partial charge in [0.2, 0.25) is 15.0 Å². The van der Waals surface area contributed by atoms with Crippen LogP contribution in [0.1, 0.15) is 49.6 Å². The first-order chi connectivity index (χ1) is 14.4. The van der Waals surface area contributed by atoms with Crippen LogP contribution in [0.25, 0.3) is 21.2 Å². The molecule has 1 heterocycles. The topological polar surface area (TPSA) is 85.4 Å². The molecule has 6 nitrogen and oxygen atoms in total. The number of nitrogens with one attached hydrogen (secondary N) is 1. The summed E-state index contributed by atoms with van der Waals surface area (Å²) in [5.41, 5.74) is -0.872. The number of sulfonamides is 1. The summed E-state index contributed by atoms with van der Waals surface area (Å²) < 4.78 is 60.8. The molecule has 3 aromatic rings. The Morgan fingerprint density at radius 3 is 2.39 bits per heavy atom. The Bertz CT molecular complexity index is 1230. The van der Waals surface area contributed by atoms with Crippen LogP contribution >= 0.6 is 11.3 Å². The van der Waals surface area contributed by atoms with Gasteiger partial charge in [0.1, 0.15) is 5.69 Å². The monoisotopic (exact) mass is 468 g/mol. The maximum Gasteiger partial charge on any atom is 0.367 e. The van der Waals surface area contributed by atoms with E-state index in [-0.39, 0.29) is 21.4 Å². The minimum absolute atomic E-state index is 0.0375. The number of hydrogen-bond donors (Lipinski definition) is 1. The molecule has 0 saturated carbocycles. The van der Waals surface area contributed by atoms with Gasteiger partial charge >= 0.3 is 5.97 Å². The maximum atomic E-state index is 13.7. The molecule has 31 heavy (non-hydrogen) atoms. The third-order valence-electron chi connectivity index (χ3n) is 4.17. The Morgan fingerprint density at radius 2 is 1.81 bits per heavy atom. The van der Waals surface area contributed by atoms with Gasteiger partial charge in [-0.2, -0.15) is 0 Å². The van der Waals surface area contributed by atoms with Crippen molar-refractivity contribution in [3.63, 3.8) is 0 Å². The lowest BCUT2D eigenvalue weighted by Crippen LogP contribution is -2.40. The van der Waals surface area contributed by atoms with Crippen molar-refractivity contribution in [2.24, 2.45) is 0 Å². The molecule has 0 unspecified atom stereocenters. The summed E-state index contributed by atoms with van der Waals surface area (Å²) in [7, 11) is -3.87. The number of fused-ring (bicyclic) bond motifs is 1. The normalized spacial score (nSPS) is 12.5. The fraction of sp³-hybridized carbons (Fsp3) is 0.333. The second kappa shape index (κ2) is 8.60. The number of thiazole rings is 1. The molecule has 0 spiro atoms. The van der Waals surface area contributed by atoms with Crippen molar-refractivity contribution in [1.82, 2.24) is 9.71 Å². The van der Waals surface area contributed by atoms with E-state index in [1.165, 1.54) is 12.1 Å². The van der Waals surface area contributed by atoms with Gasteiger partial charge in [-0.25, -0.2) is 31.7 Å². The lowest BCUT2D eigenvalue weighted by atomic mass is 10.0. The van der Waals surface area contributed by atoms with E-state index in [9.17, 15) is 22.0 Å². The summed E-state index contributed by atoms with van der Waals surface area (Å²) in [5, 5.41) is 0.658. The van der Waals surface area contributed by atoms with E-state index < -0.39 is 33.7 Å². The summed E-state index contributed by atoms with van der Waals surface area (Å²) in [5.74, 6) is -0.779. The van der Waals surface area contributed by atoms with Crippen molar-refractivity contribution in [3.05, 3.63) is 47.1 Å². The molecule has 0 aliphatic heterocycles. The SMILES string of the molecule is CCOC(=O)c1nc(C(F)F)c(-c2ccc(S(=O)(=O)NC(C)(C)C)c3ccccc23)s1. The number of alkyl halides is 2. The zero-order chi connectivity index (χ0) is 23.0. The number of halogens is 2. The Kier molecular flexibility index (Phi) is 6.45. The molecule has 0 aliphatic rings.